The lowest BCUT2D eigenvalue weighted by Crippen LogP contribution is -3.00. The minimum Gasteiger partial charge on any atom is -1.00 e. The van der Waals surface area contributed by atoms with Gasteiger partial charge in [-0.25, -0.2) is 0 Å². The zero-order valence-electron chi connectivity index (χ0n) is 4.74. The quantitative estimate of drug-likeness (QED) is 0.253. The first-order valence-corrected chi connectivity index (χ1v) is 2.93. The van der Waals surface area contributed by atoms with Crippen LogP contribution in [0.3, 0.4) is 0 Å². The van der Waals surface area contributed by atoms with E-state index in [0.29, 0.717) is 0 Å². The van der Waals surface area contributed by atoms with Crippen molar-refractivity contribution in [3.8, 4) is 0 Å². The zero-order valence-corrected chi connectivity index (χ0v) is 6.25. The Morgan fingerprint density at radius 3 is 2.62 bits per heavy atom. The van der Waals surface area contributed by atoms with Crippen LogP contribution in [-0.2, 0) is 0 Å². The average Bonchev–Trinajstić information content (AvgIpc) is 1.69. The van der Waals surface area contributed by atoms with E-state index in [1.54, 1.807) is 0 Å². The van der Waals surface area contributed by atoms with Crippen LogP contribution in [0, 0.1) is 0 Å². The summed E-state index contributed by atoms with van der Waals surface area (Å²) in [5.74, 6) is 0.730. The van der Waals surface area contributed by atoms with E-state index in [1.165, 1.54) is 0 Å². The van der Waals surface area contributed by atoms with E-state index in [2.05, 4.69) is 11.9 Å². The van der Waals surface area contributed by atoms with Gasteiger partial charge in [0.25, 0.3) is 0 Å². The van der Waals surface area contributed by atoms with Crippen LogP contribution in [0.1, 0.15) is 0 Å². The van der Waals surface area contributed by atoms with Gasteiger partial charge in [-0.1, -0.05) is 6.58 Å². The van der Waals surface area contributed by atoms with Crippen molar-refractivity contribution in [1.82, 2.24) is 0 Å². The molecule has 0 atom stereocenters. The number of nitrogens with two attached hydrogens (primary N) is 1. The highest BCUT2D eigenvalue weighted by atomic mass is 35.5. The van der Waals surface area contributed by atoms with Crippen molar-refractivity contribution in [1.29, 1.82) is 0 Å². The predicted molar refractivity (Wildman–Crippen MR) is 32.6 cm³/mol. The Kier molecular flexibility index (Phi) is 14.3. The summed E-state index contributed by atoms with van der Waals surface area (Å²) in [6, 6.07) is 0. The summed E-state index contributed by atoms with van der Waals surface area (Å²) >= 11 is 5.37. The zero-order chi connectivity index (χ0) is 5.54. The third kappa shape index (κ3) is 9.56. The van der Waals surface area contributed by atoms with Gasteiger partial charge in [0.1, 0.15) is 0 Å². The van der Waals surface area contributed by atoms with E-state index in [1.807, 2.05) is 6.08 Å². The highest BCUT2D eigenvalue weighted by molar-refractivity contribution is 6.17. The van der Waals surface area contributed by atoms with Gasteiger partial charge in [-0.2, -0.15) is 0 Å². The van der Waals surface area contributed by atoms with E-state index in [9.17, 15) is 0 Å². The Morgan fingerprint density at radius 1 is 1.62 bits per heavy atom. The molecular formula is C5H11Cl2N. The van der Waals surface area contributed by atoms with Crippen LogP contribution in [0.2, 0.25) is 0 Å². The number of hydrogen-bond acceptors (Lipinski definition) is 0. The van der Waals surface area contributed by atoms with Crippen LogP contribution < -0.4 is 17.7 Å². The molecule has 1 nitrogen and oxygen atoms in total. The lowest BCUT2D eigenvalue weighted by molar-refractivity contribution is -0.641. The van der Waals surface area contributed by atoms with E-state index in [0.717, 1.165) is 19.0 Å². The normalized spacial score (nSPS) is 7.62. The number of alkyl halides is 1. The minimum atomic E-state index is 0. The molecule has 0 aliphatic carbocycles. The van der Waals surface area contributed by atoms with Gasteiger partial charge in [0.2, 0.25) is 0 Å². The summed E-state index contributed by atoms with van der Waals surface area (Å²) in [5, 5.41) is 2.11. The van der Waals surface area contributed by atoms with Crippen molar-refractivity contribution in [2.45, 2.75) is 0 Å². The Bertz CT molecular complexity index is 47.7. The van der Waals surface area contributed by atoms with Gasteiger partial charge in [-0.05, 0) is 6.08 Å². The van der Waals surface area contributed by atoms with Crippen LogP contribution >= 0.6 is 11.6 Å². The number of hydrogen-bond donors (Lipinski definition) is 1. The van der Waals surface area contributed by atoms with Crippen LogP contribution in [0.4, 0.5) is 0 Å². The topological polar surface area (TPSA) is 16.6 Å². The van der Waals surface area contributed by atoms with Crippen LogP contribution in [-0.4, -0.2) is 19.0 Å². The summed E-state index contributed by atoms with van der Waals surface area (Å²) in [6.45, 7) is 5.53. The molecule has 0 fully saturated rings. The van der Waals surface area contributed by atoms with Gasteiger partial charge < -0.3 is 17.7 Å². The van der Waals surface area contributed by atoms with Crippen LogP contribution in [0.15, 0.2) is 12.7 Å². The maximum absolute atomic E-state index is 5.37. The SMILES string of the molecule is C=CC[NH2+]CCCl.[Cl-]. The molecule has 0 spiro atoms. The molecule has 0 bridgehead atoms. The van der Waals surface area contributed by atoms with Crippen LogP contribution in [0.5, 0.6) is 0 Å². The maximum Gasteiger partial charge on any atom is 0.0940 e. The smallest absolute Gasteiger partial charge is 0.0940 e. The fourth-order valence-electron chi connectivity index (χ4n) is 0.313. The second kappa shape index (κ2) is 10.3. The Labute approximate surface area is 61.5 Å². The van der Waals surface area contributed by atoms with Gasteiger partial charge in [-0.3, -0.25) is 0 Å². The van der Waals surface area contributed by atoms with Crippen LogP contribution in [0.25, 0.3) is 0 Å². The second-order valence-electron chi connectivity index (χ2n) is 1.29. The van der Waals surface area contributed by atoms with Crippen molar-refractivity contribution in [3.63, 3.8) is 0 Å². The fraction of sp³-hybridized carbons (Fsp3) is 0.600. The molecule has 0 rings (SSSR count). The second-order valence-corrected chi connectivity index (χ2v) is 1.67. The summed E-state index contributed by atoms with van der Waals surface area (Å²) in [6.07, 6.45) is 1.87. The molecule has 0 saturated heterocycles. The van der Waals surface area contributed by atoms with E-state index in [4.69, 9.17) is 11.6 Å². The standard InChI is InChI=1S/C5H10ClN.ClH/c1-2-4-7-5-3-6;/h2,7H,1,3-5H2;1H. The molecule has 0 aliphatic rings. The maximum atomic E-state index is 5.37. The third-order valence-corrected chi connectivity index (χ3v) is 0.865. The monoisotopic (exact) mass is 155 g/mol. The Hall–Kier alpha value is 0.280. The molecule has 0 amide bonds. The molecule has 0 aromatic carbocycles. The van der Waals surface area contributed by atoms with Gasteiger partial charge in [0.05, 0.1) is 19.0 Å². The van der Waals surface area contributed by atoms with Gasteiger partial charge in [0.15, 0.2) is 0 Å². The highest BCUT2D eigenvalue weighted by Gasteiger charge is 1.79. The van der Waals surface area contributed by atoms with Gasteiger partial charge in [0, 0.05) is 0 Å². The third-order valence-electron chi connectivity index (χ3n) is 0.647. The minimum absolute atomic E-state index is 0. The van der Waals surface area contributed by atoms with Crippen molar-refractivity contribution in [2.75, 3.05) is 19.0 Å². The van der Waals surface area contributed by atoms with E-state index in [-0.39, 0.29) is 12.4 Å². The first-order valence-electron chi connectivity index (χ1n) is 2.40. The molecule has 3 heteroatoms. The first kappa shape index (κ1) is 11.1. The largest absolute Gasteiger partial charge is 1.00 e. The average molecular weight is 156 g/mol. The molecule has 0 saturated carbocycles. The van der Waals surface area contributed by atoms with Crippen molar-refractivity contribution < 1.29 is 17.7 Å². The van der Waals surface area contributed by atoms with Gasteiger partial charge >= 0.3 is 0 Å². The van der Waals surface area contributed by atoms with E-state index >= 15 is 0 Å². The highest BCUT2D eigenvalue weighted by Crippen LogP contribution is 1.61. The van der Waals surface area contributed by atoms with Crippen molar-refractivity contribution in [3.05, 3.63) is 12.7 Å². The summed E-state index contributed by atoms with van der Waals surface area (Å²) in [5.41, 5.74) is 0. The molecule has 0 aliphatic heterocycles. The molecular weight excluding hydrogens is 145 g/mol. The number of rotatable bonds is 4. The lowest BCUT2D eigenvalue weighted by atomic mass is 10.6. The Morgan fingerprint density at radius 2 is 2.25 bits per heavy atom. The first-order chi connectivity index (χ1) is 3.41. The number of quaternary nitrogens is 1. The number of halogens is 2. The lowest BCUT2D eigenvalue weighted by Gasteiger charge is -1.88. The van der Waals surface area contributed by atoms with Crippen molar-refractivity contribution in [2.24, 2.45) is 0 Å². The molecule has 2 N–H and O–H groups in total. The molecule has 0 radical (unpaired) electrons. The molecule has 50 valence electrons. The van der Waals surface area contributed by atoms with Gasteiger partial charge in [-0.15, -0.1) is 11.6 Å². The summed E-state index contributed by atoms with van der Waals surface area (Å²) in [7, 11) is 0. The fourth-order valence-corrected chi connectivity index (χ4v) is 0.467. The molecule has 0 aromatic heterocycles. The molecule has 0 aromatic rings. The summed E-state index contributed by atoms with van der Waals surface area (Å²) < 4.78 is 0. The Balaban J connectivity index is 0. The molecule has 0 heterocycles. The molecule has 8 heavy (non-hydrogen) atoms. The van der Waals surface area contributed by atoms with Crippen molar-refractivity contribution >= 4 is 11.6 Å². The summed E-state index contributed by atoms with van der Waals surface area (Å²) in [4.78, 5) is 0. The molecule has 0 unspecified atom stereocenters. The van der Waals surface area contributed by atoms with E-state index < -0.39 is 0 Å². The predicted octanol–water partition coefficient (Wildman–Crippen LogP) is -3.02.